The Labute approximate surface area is 109 Å². The Hall–Kier alpha value is -0.320. The molecule has 1 aliphatic rings. The number of alkyl halides is 1. The molecular weight excluding hydrogens is 238 g/mol. The van der Waals surface area contributed by atoms with Gasteiger partial charge in [0.05, 0.1) is 0 Å². The molecule has 1 aliphatic heterocycles. The van der Waals surface area contributed by atoms with Gasteiger partial charge >= 0.3 is 0 Å². The van der Waals surface area contributed by atoms with Gasteiger partial charge in [-0.3, -0.25) is 9.69 Å². The lowest BCUT2D eigenvalue weighted by atomic mass is 10.2. The first kappa shape index (κ1) is 14.7. The average Bonchev–Trinajstić information content (AvgIpc) is 2.32. The number of carbonyl (C=O) groups is 1. The van der Waals surface area contributed by atoms with Crippen LogP contribution in [0.3, 0.4) is 0 Å². The number of rotatable bonds is 7. The Morgan fingerprint density at radius 3 is 2.59 bits per heavy atom. The number of amides is 1. The molecule has 1 heterocycles. The van der Waals surface area contributed by atoms with Crippen LogP contribution in [0.15, 0.2) is 0 Å². The molecule has 0 aliphatic carbocycles. The molecule has 100 valence electrons. The monoisotopic (exact) mass is 261 g/mol. The molecule has 0 spiro atoms. The Morgan fingerprint density at radius 1 is 1.24 bits per heavy atom. The van der Waals surface area contributed by atoms with Crippen LogP contribution in [-0.2, 0) is 4.79 Å². The molecule has 1 rings (SSSR count). The van der Waals surface area contributed by atoms with Crippen LogP contribution in [0.2, 0.25) is 0 Å². The summed E-state index contributed by atoms with van der Waals surface area (Å²) in [5, 5.41) is 2.96. The van der Waals surface area contributed by atoms with Gasteiger partial charge in [0.15, 0.2) is 0 Å². The smallest absolute Gasteiger partial charge is 0.220 e. The lowest BCUT2D eigenvalue weighted by Gasteiger charge is -2.32. The van der Waals surface area contributed by atoms with Gasteiger partial charge in [-0.15, -0.1) is 11.6 Å². The number of nitrogens with zero attached hydrogens (tertiary/aromatic N) is 2. The summed E-state index contributed by atoms with van der Waals surface area (Å²) < 4.78 is 0. The molecule has 1 fully saturated rings. The molecule has 1 N–H and O–H groups in total. The normalized spacial score (nSPS) is 18.2. The molecular formula is C12H24ClN3O. The van der Waals surface area contributed by atoms with Gasteiger partial charge in [-0.1, -0.05) is 0 Å². The average molecular weight is 262 g/mol. The third-order valence-corrected chi connectivity index (χ3v) is 3.40. The van der Waals surface area contributed by atoms with Crippen molar-refractivity contribution < 1.29 is 4.79 Å². The van der Waals surface area contributed by atoms with E-state index in [0.29, 0.717) is 12.3 Å². The largest absolute Gasteiger partial charge is 0.355 e. The molecule has 17 heavy (non-hydrogen) atoms. The highest BCUT2D eigenvalue weighted by atomic mass is 35.5. The molecule has 0 saturated carbocycles. The van der Waals surface area contributed by atoms with Crippen molar-refractivity contribution in [2.24, 2.45) is 0 Å². The molecule has 0 bridgehead atoms. The maximum absolute atomic E-state index is 11.4. The van der Waals surface area contributed by atoms with Crippen LogP contribution in [0.1, 0.15) is 19.3 Å². The lowest BCUT2D eigenvalue weighted by Crippen LogP contribution is -2.46. The second kappa shape index (κ2) is 8.72. The quantitative estimate of drug-likeness (QED) is 0.543. The topological polar surface area (TPSA) is 35.6 Å². The Morgan fingerprint density at radius 2 is 1.94 bits per heavy atom. The van der Waals surface area contributed by atoms with Crippen molar-refractivity contribution in [1.29, 1.82) is 0 Å². The highest BCUT2D eigenvalue weighted by Crippen LogP contribution is 1.98. The summed E-state index contributed by atoms with van der Waals surface area (Å²) in [7, 11) is 2.15. The van der Waals surface area contributed by atoms with Crippen LogP contribution in [0.4, 0.5) is 0 Å². The van der Waals surface area contributed by atoms with Gasteiger partial charge in [-0.2, -0.15) is 0 Å². The Bertz CT molecular complexity index is 218. The SMILES string of the molecule is CN1CCN(CCNC(=O)CCCCCl)CC1. The first-order valence-corrected chi connectivity index (χ1v) is 6.99. The van der Waals surface area contributed by atoms with E-state index < -0.39 is 0 Å². The van der Waals surface area contributed by atoms with Crippen LogP contribution >= 0.6 is 11.6 Å². The molecule has 5 heteroatoms. The highest BCUT2D eigenvalue weighted by molar-refractivity contribution is 6.17. The Kier molecular flexibility index (Phi) is 7.56. The van der Waals surface area contributed by atoms with Crippen molar-refractivity contribution in [2.45, 2.75) is 19.3 Å². The zero-order valence-electron chi connectivity index (χ0n) is 10.8. The van der Waals surface area contributed by atoms with E-state index in [2.05, 4.69) is 22.2 Å². The number of nitrogens with one attached hydrogen (secondary N) is 1. The van der Waals surface area contributed by atoms with Gasteiger partial charge < -0.3 is 10.2 Å². The minimum absolute atomic E-state index is 0.157. The molecule has 0 atom stereocenters. The first-order valence-electron chi connectivity index (χ1n) is 6.46. The fraction of sp³-hybridized carbons (Fsp3) is 0.917. The van der Waals surface area contributed by atoms with Gasteiger partial charge in [0.2, 0.25) is 5.91 Å². The molecule has 0 aromatic rings. The van der Waals surface area contributed by atoms with Crippen molar-refractivity contribution in [2.75, 3.05) is 52.2 Å². The fourth-order valence-corrected chi connectivity index (χ4v) is 2.08. The lowest BCUT2D eigenvalue weighted by molar-refractivity contribution is -0.121. The molecule has 0 unspecified atom stereocenters. The van der Waals surface area contributed by atoms with E-state index in [4.69, 9.17) is 11.6 Å². The van der Waals surface area contributed by atoms with E-state index >= 15 is 0 Å². The van der Waals surface area contributed by atoms with Crippen molar-refractivity contribution in [3.63, 3.8) is 0 Å². The second-order valence-electron chi connectivity index (χ2n) is 4.64. The van der Waals surface area contributed by atoms with Gasteiger partial charge in [0, 0.05) is 51.6 Å². The minimum atomic E-state index is 0.157. The standard InChI is InChI=1S/C12H24ClN3O/c1-15-8-10-16(11-9-15)7-6-14-12(17)4-2-3-5-13/h2-11H2,1H3,(H,14,17). The van der Waals surface area contributed by atoms with Gasteiger partial charge in [0.1, 0.15) is 0 Å². The van der Waals surface area contributed by atoms with Gasteiger partial charge in [0.25, 0.3) is 0 Å². The number of unbranched alkanes of at least 4 members (excludes halogenated alkanes) is 1. The van der Waals surface area contributed by atoms with Crippen molar-refractivity contribution in [1.82, 2.24) is 15.1 Å². The number of hydrogen-bond acceptors (Lipinski definition) is 3. The summed E-state index contributed by atoms with van der Waals surface area (Å²) in [5.41, 5.74) is 0. The van der Waals surface area contributed by atoms with Crippen LogP contribution in [0.25, 0.3) is 0 Å². The maximum Gasteiger partial charge on any atom is 0.220 e. The van der Waals surface area contributed by atoms with E-state index in [1.807, 2.05) is 0 Å². The number of piperazine rings is 1. The summed E-state index contributed by atoms with van der Waals surface area (Å²) in [6.07, 6.45) is 2.42. The summed E-state index contributed by atoms with van der Waals surface area (Å²) >= 11 is 5.56. The summed E-state index contributed by atoms with van der Waals surface area (Å²) in [6, 6.07) is 0. The van der Waals surface area contributed by atoms with Crippen molar-refractivity contribution >= 4 is 17.5 Å². The predicted molar refractivity (Wildman–Crippen MR) is 71.5 cm³/mol. The van der Waals surface area contributed by atoms with E-state index in [1.165, 1.54) is 0 Å². The molecule has 0 aromatic heterocycles. The molecule has 1 saturated heterocycles. The maximum atomic E-state index is 11.4. The summed E-state index contributed by atoms with van der Waals surface area (Å²) in [5.74, 6) is 0.804. The van der Waals surface area contributed by atoms with Crippen LogP contribution in [-0.4, -0.2) is 67.9 Å². The van der Waals surface area contributed by atoms with Crippen molar-refractivity contribution in [3.8, 4) is 0 Å². The number of carbonyl (C=O) groups excluding carboxylic acids is 1. The van der Waals surface area contributed by atoms with Crippen LogP contribution < -0.4 is 5.32 Å². The molecule has 0 aromatic carbocycles. The third kappa shape index (κ3) is 6.86. The van der Waals surface area contributed by atoms with Crippen LogP contribution in [0.5, 0.6) is 0 Å². The number of hydrogen-bond donors (Lipinski definition) is 1. The fourth-order valence-electron chi connectivity index (χ4n) is 1.89. The zero-order valence-corrected chi connectivity index (χ0v) is 11.5. The van der Waals surface area contributed by atoms with Crippen molar-refractivity contribution in [3.05, 3.63) is 0 Å². The van der Waals surface area contributed by atoms with E-state index in [0.717, 1.165) is 52.1 Å². The Balaban J connectivity index is 1.97. The second-order valence-corrected chi connectivity index (χ2v) is 5.02. The summed E-state index contributed by atoms with van der Waals surface area (Å²) in [6.45, 7) is 6.21. The zero-order chi connectivity index (χ0) is 12.5. The summed E-state index contributed by atoms with van der Waals surface area (Å²) in [4.78, 5) is 16.2. The number of halogens is 1. The predicted octanol–water partition coefficient (Wildman–Crippen LogP) is 0.759. The third-order valence-electron chi connectivity index (χ3n) is 3.13. The van der Waals surface area contributed by atoms with E-state index in [9.17, 15) is 4.79 Å². The molecule has 0 radical (unpaired) electrons. The number of likely N-dealkylation sites (N-methyl/N-ethyl adjacent to an activating group) is 1. The highest BCUT2D eigenvalue weighted by Gasteiger charge is 2.13. The minimum Gasteiger partial charge on any atom is -0.355 e. The van der Waals surface area contributed by atoms with Gasteiger partial charge in [-0.25, -0.2) is 0 Å². The van der Waals surface area contributed by atoms with Gasteiger partial charge in [-0.05, 0) is 19.9 Å². The molecule has 4 nitrogen and oxygen atoms in total. The van der Waals surface area contributed by atoms with Crippen LogP contribution in [0, 0.1) is 0 Å². The first-order chi connectivity index (χ1) is 8.22. The van der Waals surface area contributed by atoms with E-state index in [-0.39, 0.29) is 5.91 Å². The van der Waals surface area contributed by atoms with E-state index in [1.54, 1.807) is 0 Å². The molecule has 1 amide bonds.